The zero-order chi connectivity index (χ0) is 18.4. The minimum atomic E-state index is -0.312. The van der Waals surface area contributed by atoms with Crippen LogP contribution in [0.4, 0.5) is 0 Å². The predicted molar refractivity (Wildman–Crippen MR) is 102 cm³/mol. The van der Waals surface area contributed by atoms with E-state index in [2.05, 4.69) is 10.6 Å². The third-order valence-electron chi connectivity index (χ3n) is 5.23. The molecule has 3 aromatic rings. The highest BCUT2D eigenvalue weighted by Crippen LogP contribution is 2.30. The van der Waals surface area contributed by atoms with Crippen LogP contribution in [-0.4, -0.2) is 26.4 Å². The van der Waals surface area contributed by atoms with E-state index in [0.717, 1.165) is 36.3 Å². The molecular formula is C20H23N3O3. The maximum absolute atomic E-state index is 12.9. The minimum Gasteiger partial charge on any atom is -0.376 e. The molecule has 1 fully saturated rings. The van der Waals surface area contributed by atoms with Crippen LogP contribution in [0, 0.1) is 6.92 Å². The normalized spacial score (nSPS) is 17.3. The quantitative estimate of drug-likeness (QED) is 0.725. The molecule has 1 saturated heterocycles. The van der Waals surface area contributed by atoms with Crippen LogP contribution in [0.25, 0.3) is 22.2 Å². The van der Waals surface area contributed by atoms with E-state index in [1.165, 1.54) is 11.6 Å². The van der Waals surface area contributed by atoms with Gasteiger partial charge in [0.25, 0.3) is 5.56 Å². The fourth-order valence-corrected chi connectivity index (χ4v) is 3.84. The summed E-state index contributed by atoms with van der Waals surface area (Å²) >= 11 is 0. The van der Waals surface area contributed by atoms with Crippen molar-refractivity contribution in [3.8, 4) is 11.3 Å². The van der Waals surface area contributed by atoms with Gasteiger partial charge in [-0.05, 0) is 31.4 Å². The van der Waals surface area contributed by atoms with Gasteiger partial charge in [0.2, 0.25) is 0 Å². The molecule has 0 N–H and O–H groups in total. The van der Waals surface area contributed by atoms with Crippen LogP contribution in [0.15, 0.2) is 40.1 Å². The summed E-state index contributed by atoms with van der Waals surface area (Å²) in [6.45, 7) is 3.49. The van der Waals surface area contributed by atoms with Crippen LogP contribution in [-0.2, 0) is 25.4 Å². The van der Waals surface area contributed by atoms with E-state index in [0.29, 0.717) is 17.4 Å². The Morgan fingerprint density at radius 1 is 1.19 bits per heavy atom. The van der Waals surface area contributed by atoms with E-state index in [-0.39, 0.29) is 17.4 Å². The molecule has 4 rings (SSSR count). The number of rotatable bonds is 3. The third-order valence-corrected chi connectivity index (χ3v) is 5.23. The number of hydrogen-bond acceptors (Lipinski definition) is 3. The number of ether oxygens (including phenoxy) is 1. The molecule has 0 bridgehead atoms. The van der Waals surface area contributed by atoms with Gasteiger partial charge in [-0.3, -0.25) is 13.9 Å². The summed E-state index contributed by atoms with van der Waals surface area (Å²) in [6.07, 6.45) is 4.13. The van der Waals surface area contributed by atoms with E-state index in [9.17, 15) is 9.59 Å². The topological polar surface area (TPSA) is 58.2 Å². The van der Waals surface area contributed by atoms with Gasteiger partial charge in [-0.2, -0.15) is 0 Å². The Morgan fingerprint density at radius 3 is 2.69 bits per heavy atom. The maximum Gasteiger partial charge on any atom is 0.330 e. The molecule has 1 aliphatic heterocycles. The molecule has 0 saturated carbocycles. The summed E-state index contributed by atoms with van der Waals surface area (Å²) in [5.41, 5.74) is 3.05. The summed E-state index contributed by atoms with van der Waals surface area (Å²) in [4.78, 5) is 25.3. The minimum absolute atomic E-state index is 0.140. The lowest BCUT2D eigenvalue weighted by Crippen LogP contribution is -2.36. The van der Waals surface area contributed by atoms with E-state index in [1.807, 2.05) is 31.3 Å². The molecule has 3 heterocycles. The number of fused-ring (bicyclic) bond motifs is 1. The van der Waals surface area contributed by atoms with Gasteiger partial charge in [0.05, 0.1) is 22.7 Å². The van der Waals surface area contributed by atoms with Crippen molar-refractivity contribution in [2.75, 3.05) is 6.61 Å². The Morgan fingerprint density at radius 2 is 2.00 bits per heavy atom. The zero-order valence-electron chi connectivity index (χ0n) is 15.4. The smallest absolute Gasteiger partial charge is 0.330 e. The Hall–Kier alpha value is -2.60. The lowest BCUT2D eigenvalue weighted by atomic mass is 10.1. The molecule has 1 aromatic carbocycles. The molecule has 1 atom stereocenters. The van der Waals surface area contributed by atoms with Crippen LogP contribution in [0.5, 0.6) is 0 Å². The summed E-state index contributed by atoms with van der Waals surface area (Å²) < 4.78 is 10.6. The first-order valence-corrected chi connectivity index (χ1v) is 8.95. The average molecular weight is 353 g/mol. The molecular weight excluding hydrogens is 330 g/mol. The first-order valence-electron chi connectivity index (χ1n) is 8.95. The fraction of sp³-hybridized carbons (Fsp3) is 0.400. The highest BCUT2D eigenvalue weighted by Gasteiger charge is 2.23. The van der Waals surface area contributed by atoms with Gasteiger partial charge in [-0.1, -0.05) is 23.8 Å². The lowest BCUT2D eigenvalue weighted by molar-refractivity contribution is 0.0975. The fourth-order valence-electron chi connectivity index (χ4n) is 3.84. The van der Waals surface area contributed by atoms with Crippen LogP contribution >= 0.6 is 0 Å². The summed E-state index contributed by atoms with van der Waals surface area (Å²) in [6, 6.07) is 8.11. The third kappa shape index (κ3) is 2.61. The van der Waals surface area contributed by atoms with Crippen LogP contribution < -0.4 is 11.2 Å². The molecule has 6 heteroatoms. The lowest BCUT2D eigenvalue weighted by Gasteiger charge is -2.14. The first kappa shape index (κ1) is 16.8. The van der Waals surface area contributed by atoms with Gasteiger partial charge in [0.1, 0.15) is 0 Å². The Bertz CT molecular complexity index is 1100. The number of nitrogens with zero attached hydrogens (tertiary/aromatic N) is 3. The molecule has 6 nitrogen and oxygen atoms in total. The molecule has 0 spiro atoms. The van der Waals surface area contributed by atoms with Gasteiger partial charge in [-0.25, -0.2) is 4.79 Å². The average Bonchev–Trinajstić information content (AvgIpc) is 3.26. The van der Waals surface area contributed by atoms with Crippen molar-refractivity contribution in [2.45, 2.75) is 32.4 Å². The molecule has 1 aliphatic rings. The zero-order valence-corrected chi connectivity index (χ0v) is 15.4. The van der Waals surface area contributed by atoms with Gasteiger partial charge in [0.15, 0.2) is 0 Å². The summed E-state index contributed by atoms with van der Waals surface area (Å²) in [5.74, 6) is 0. The Kier molecular flexibility index (Phi) is 4.07. The van der Waals surface area contributed by atoms with Gasteiger partial charge in [-0.15, -0.1) is 0 Å². The molecule has 0 amide bonds. The summed E-state index contributed by atoms with van der Waals surface area (Å²) in [7, 11) is 3.24. The number of hydrogen-bond donors (Lipinski definition) is 0. The van der Waals surface area contributed by atoms with Crippen molar-refractivity contribution in [2.24, 2.45) is 14.1 Å². The van der Waals surface area contributed by atoms with Crippen molar-refractivity contribution in [1.82, 2.24) is 13.7 Å². The highest BCUT2D eigenvalue weighted by molar-refractivity contribution is 5.93. The second-order valence-corrected chi connectivity index (χ2v) is 7.10. The van der Waals surface area contributed by atoms with Crippen LogP contribution in [0.2, 0.25) is 0 Å². The van der Waals surface area contributed by atoms with Crippen LogP contribution in [0.3, 0.4) is 0 Å². The highest BCUT2D eigenvalue weighted by atomic mass is 16.5. The number of aryl methyl sites for hydroxylation is 2. The number of benzene rings is 1. The van der Waals surface area contributed by atoms with Crippen molar-refractivity contribution >= 4 is 10.9 Å². The number of aromatic nitrogens is 3. The second-order valence-electron chi connectivity index (χ2n) is 7.10. The predicted octanol–water partition coefficient (Wildman–Crippen LogP) is 2.19. The molecule has 136 valence electrons. The molecule has 2 aromatic heterocycles. The van der Waals surface area contributed by atoms with E-state index in [4.69, 9.17) is 4.74 Å². The monoisotopic (exact) mass is 353 g/mol. The SMILES string of the molecule is Cc1cccc(-c2c3c(=O)n(C)c(=O)n(C)c3cn2C[C@H]2CCCO2)c1. The van der Waals surface area contributed by atoms with Crippen molar-refractivity contribution in [3.63, 3.8) is 0 Å². The molecule has 26 heavy (non-hydrogen) atoms. The maximum atomic E-state index is 12.9. The Labute approximate surface area is 151 Å². The van der Waals surface area contributed by atoms with Crippen molar-refractivity contribution in [1.29, 1.82) is 0 Å². The van der Waals surface area contributed by atoms with Gasteiger partial charge >= 0.3 is 5.69 Å². The van der Waals surface area contributed by atoms with E-state index >= 15 is 0 Å². The van der Waals surface area contributed by atoms with Crippen LogP contribution in [0.1, 0.15) is 18.4 Å². The largest absolute Gasteiger partial charge is 0.376 e. The van der Waals surface area contributed by atoms with Gasteiger partial charge in [0, 0.05) is 33.4 Å². The van der Waals surface area contributed by atoms with E-state index in [1.54, 1.807) is 11.6 Å². The van der Waals surface area contributed by atoms with Crippen molar-refractivity contribution < 1.29 is 4.74 Å². The standard InChI is InChI=1S/C20H23N3O3/c1-13-6-4-7-14(10-13)18-17-16(21(2)20(25)22(3)19(17)24)12-23(18)11-15-8-5-9-26-15/h4,6-7,10,12,15H,5,8-9,11H2,1-3H3/t15-/m1/s1. The molecule has 0 radical (unpaired) electrons. The van der Waals surface area contributed by atoms with Gasteiger partial charge < -0.3 is 9.30 Å². The first-order chi connectivity index (χ1) is 12.5. The van der Waals surface area contributed by atoms with Crippen molar-refractivity contribution in [3.05, 3.63) is 56.9 Å². The molecule has 0 aliphatic carbocycles. The Balaban J connectivity index is 2.04. The second kappa shape index (κ2) is 6.29. The molecule has 0 unspecified atom stereocenters. The van der Waals surface area contributed by atoms with E-state index < -0.39 is 0 Å². The summed E-state index contributed by atoms with van der Waals surface area (Å²) in [5, 5.41) is 0.582.